The van der Waals surface area contributed by atoms with E-state index in [9.17, 15) is 9.59 Å². The molecule has 1 aliphatic heterocycles. The zero-order valence-corrected chi connectivity index (χ0v) is 19.7. The topological polar surface area (TPSA) is 93.4 Å². The third kappa shape index (κ3) is 12.2. The van der Waals surface area contributed by atoms with E-state index in [4.69, 9.17) is 15.2 Å². The van der Waals surface area contributed by atoms with E-state index < -0.39 is 11.9 Å². The molecule has 0 aliphatic carbocycles. The molecule has 2 rings (SSSR count). The first kappa shape index (κ1) is 27.4. The maximum Gasteiger partial charge on any atom is 0.328 e. The number of rotatable bonds is 10. The fourth-order valence-corrected chi connectivity index (χ4v) is 3.32. The average molecular weight is 446 g/mol. The number of carboxylic acids is 2. The Kier molecular flexibility index (Phi) is 13.7. The first-order valence-electron chi connectivity index (χ1n) is 11.5. The highest BCUT2D eigenvalue weighted by Crippen LogP contribution is 2.12. The molecule has 32 heavy (non-hydrogen) atoms. The summed E-state index contributed by atoms with van der Waals surface area (Å²) in [4.78, 5) is 29.2. The monoisotopic (exact) mass is 445 g/mol. The van der Waals surface area contributed by atoms with E-state index in [0.29, 0.717) is 18.1 Å². The summed E-state index contributed by atoms with van der Waals surface area (Å²) < 4.78 is 0. The molecule has 7 heteroatoms. The molecular weight excluding hydrogens is 406 g/mol. The van der Waals surface area contributed by atoms with Gasteiger partial charge >= 0.3 is 11.9 Å². The van der Waals surface area contributed by atoms with Crippen molar-refractivity contribution in [3.63, 3.8) is 0 Å². The molecule has 2 N–H and O–H groups in total. The molecule has 1 heterocycles. The van der Waals surface area contributed by atoms with Crippen molar-refractivity contribution < 1.29 is 19.8 Å². The molecule has 0 saturated carbocycles. The zero-order valence-electron chi connectivity index (χ0n) is 19.7. The van der Waals surface area contributed by atoms with Crippen LogP contribution in [0.5, 0.6) is 0 Å². The van der Waals surface area contributed by atoms with Crippen molar-refractivity contribution in [3.8, 4) is 0 Å². The molecule has 178 valence electrons. The van der Waals surface area contributed by atoms with Gasteiger partial charge in [-0.3, -0.25) is 9.89 Å². The number of piperazine rings is 1. The van der Waals surface area contributed by atoms with Crippen LogP contribution in [-0.4, -0.2) is 77.1 Å². The summed E-state index contributed by atoms with van der Waals surface area (Å²) in [6, 6.07) is 10.7. The molecule has 0 amide bonds. The predicted molar refractivity (Wildman–Crippen MR) is 129 cm³/mol. The highest BCUT2D eigenvalue weighted by molar-refractivity contribution is 5.98. The molecule has 1 fully saturated rings. The first-order chi connectivity index (χ1) is 15.3. The second-order valence-corrected chi connectivity index (χ2v) is 8.32. The van der Waals surface area contributed by atoms with Gasteiger partial charge in [0.15, 0.2) is 0 Å². The maximum absolute atomic E-state index is 9.55. The summed E-state index contributed by atoms with van der Waals surface area (Å²) in [6.45, 7) is 13.4. The van der Waals surface area contributed by atoms with Gasteiger partial charge in [0.1, 0.15) is 5.84 Å². The molecule has 0 unspecified atom stereocenters. The quantitative estimate of drug-likeness (QED) is 0.245. The first-order valence-corrected chi connectivity index (χ1v) is 11.5. The number of aliphatic carboxylic acids is 2. The molecule has 0 aromatic heterocycles. The number of amidine groups is 1. The lowest BCUT2D eigenvalue weighted by Gasteiger charge is -2.36. The van der Waals surface area contributed by atoms with Gasteiger partial charge in [-0.2, -0.15) is 0 Å². The summed E-state index contributed by atoms with van der Waals surface area (Å²) in [5, 5.41) is 15.6. The second-order valence-electron chi connectivity index (χ2n) is 8.32. The van der Waals surface area contributed by atoms with Crippen molar-refractivity contribution >= 4 is 17.8 Å². The summed E-state index contributed by atoms with van der Waals surface area (Å²) >= 11 is 0. The number of nitrogens with zero attached hydrogens (tertiary/aromatic N) is 3. The molecule has 0 radical (unpaired) electrons. The van der Waals surface area contributed by atoms with E-state index in [0.717, 1.165) is 19.6 Å². The minimum atomic E-state index is -1.26. The van der Waals surface area contributed by atoms with Crippen LogP contribution >= 0.6 is 0 Å². The van der Waals surface area contributed by atoms with Crippen LogP contribution in [0.1, 0.15) is 52.0 Å². The van der Waals surface area contributed by atoms with Gasteiger partial charge in [-0.25, -0.2) is 9.59 Å². The lowest BCUT2D eigenvalue weighted by atomic mass is 10.1. The fraction of sp³-hybridized carbons (Fsp3) is 0.560. The molecule has 7 nitrogen and oxygen atoms in total. The van der Waals surface area contributed by atoms with E-state index >= 15 is 0 Å². The van der Waals surface area contributed by atoms with E-state index in [1.807, 2.05) is 0 Å². The van der Waals surface area contributed by atoms with Crippen molar-refractivity contribution in [1.82, 2.24) is 9.80 Å². The summed E-state index contributed by atoms with van der Waals surface area (Å²) in [5.41, 5.74) is 1.26. The average Bonchev–Trinajstić information content (AvgIpc) is 2.77. The molecular formula is C25H39N3O4. The second kappa shape index (κ2) is 16.0. The number of carboxylic acid groups (broad SMARTS) is 2. The Morgan fingerprint density at radius 3 is 2.06 bits per heavy atom. The Morgan fingerprint density at radius 1 is 0.969 bits per heavy atom. The van der Waals surface area contributed by atoms with Crippen LogP contribution in [0.2, 0.25) is 0 Å². The molecule has 1 aliphatic rings. The van der Waals surface area contributed by atoms with Crippen LogP contribution in [0.15, 0.2) is 47.5 Å². The predicted octanol–water partition coefficient (Wildman–Crippen LogP) is 4.00. The van der Waals surface area contributed by atoms with Crippen molar-refractivity contribution in [2.75, 3.05) is 39.3 Å². The summed E-state index contributed by atoms with van der Waals surface area (Å²) in [6.07, 6.45) is 6.54. The van der Waals surface area contributed by atoms with E-state index in [-0.39, 0.29) is 0 Å². The lowest BCUT2D eigenvalue weighted by molar-refractivity contribution is -0.134. The minimum Gasteiger partial charge on any atom is -0.478 e. The van der Waals surface area contributed by atoms with Crippen LogP contribution in [0.4, 0.5) is 0 Å². The number of hydrogen-bond acceptors (Lipinski definition) is 4. The van der Waals surface area contributed by atoms with Gasteiger partial charge in [0.05, 0.1) is 0 Å². The van der Waals surface area contributed by atoms with Crippen molar-refractivity contribution in [1.29, 1.82) is 0 Å². The van der Waals surface area contributed by atoms with Crippen molar-refractivity contribution in [2.24, 2.45) is 10.9 Å². The Labute approximate surface area is 192 Å². The highest BCUT2D eigenvalue weighted by atomic mass is 16.4. The third-order valence-corrected chi connectivity index (χ3v) is 5.01. The number of hydrogen-bond donors (Lipinski definition) is 2. The van der Waals surface area contributed by atoms with Crippen LogP contribution in [0.3, 0.4) is 0 Å². The normalized spacial score (nSPS) is 15.0. The Bertz CT molecular complexity index is 708. The van der Waals surface area contributed by atoms with Crippen LogP contribution < -0.4 is 0 Å². The Balaban J connectivity index is 0.000000547. The Morgan fingerprint density at radius 2 is 1.56 bits per heavy atom. The number of carbonyl (C=O) groups is 2. The van der Waals surface area contributed by atoms with E-state index in [2.05, 4.69) is 60.9 Å². The SMILES string of the molecule is CCCCCCN1CCN(/C(=N\CC(C)C)c2ccccc2)CC1.O=C(O)/C=C\C(=O)O. The van der Waals surface area contributed by atoms with E-state index in [1.165, 1.54) is 56.7 Å². The molecule has 1 aromatic rings. The standard InChI is InChI=1S/C21H35N3.C4H4O4/c1-4-5-6-10-13-23-14-16-24(17-15-23)21(22-18-19(2)3)20-11-8-7-9-12-20;5-3(6)1-2-4(7)8/h7-9,11-12,19H,4-6,10,13-18H2,1-3H3;1-2H,(H,5,6)(H,7,8)/b22-21-;2-1-. The number of aliphatic imine (C=N–C) groups is 1. The summed E-state index contributed by atoms with van der Waals surface area (Å²) in [7, 11) is 0. The highest BCUT2D eigenvalue weighted by Gasteiger charge is 2.20. The molecule has 0 bridgehead atoms. The number of unbranched alkanes of at least 4 members (excludes halogenated alkanes) is 3. The van der Waals surface area contributed by atoms with Gasteiger partial charge in [0.25, 0.3) is 0 Å². The minimum absolute atomic E-state index is 0.558. The maximum atomic E-state index is 9.55. The van der Waals surface area contributed by atoms with Gasteiger partial charge in [0, 0.05) is 50.4 Å². The molecule has 1 aromatic carbocycles. The third-order valence-electron chi connectivity index (χ3n) is 5.01. The van der Waals surface area contributed by atoms with Gasteiger partial charge in [0.2, 0.25) is 0 Å². The largest absolute Gasteiger partial charge is 0.478 e. The molecule has 0 spiro atoms. The smallest absolute Gasteiger partial charge is 0.328 e. The van der Waals surface area contributed by atoms with Crippen LogP contribution in [-0.2, 0) is 9.59 Å². The van der Waals surface area contributed by atoms with E-state index in [1.54, 1.807) is 0 Å². The van der Waals surface area contributed by atoms with Crippen molar-refractivity contribution in [2.45, 2.75) is 46.5 Å². The number of benzene rings is 1. The molecule has 0 atom stereocenters. The zero-order chi connectivity index (χ0) is 23.8. The van der Waals surface area contributed by atoms with Gasteiger partial charge in [-0.05, 0) is 18.9 Å². The van der Waals surface area contributed by atoms with Crippen LogP contribution in [0, 0.1) is 5.92 Å². The lowest BCUT2D eigenvalue weighted by Crippen LogP contribution is -2.49. The van der Waals surface area contributed by atoms with Crippen LogP contribution in [0.25, 0.3) is 0 Å². The molecule has 1 saturated heterocycles. The van der Waals surface area contributed by atoms with Gasteiger partial charge in [-0.15, -0.1) is 0 Å². The fourth-order valence-electron chi connectivity index (χ4n) is 3.32. The van der Waals surface area contributed by atoms with Gasteiger partial charge in [-0.1, -0.05) is 70.4 Å². The van der Waals surface area contributed by atoms with Crippen molar-refractivity contribution in [3.05, 3.63) is 48.0 Å². The van der Waals surface area contributed by atoms with Gasteiger partial charge < -0.3 is 15.1 Å². The Hall–Kier alpha value is -2.67. The summed E-state index contributed by atoms with van der Waals surface area (Å²) in [5.74, 6) is -0.724.